The number of ether oxygens (including phenoxy) is 1. The molecule has 0 fully saturated rings. The maximum atomic E-state index is 12.8. The maximum Gasteiger partial charge on any atom is 0.422 e. The molecule has 0 atom stereocenters. The number of hydrogen-bond acceptors (Lipinski definition) is 4. The quantitative estimate of drug-likeness (QED) is 0.536. The van der Waals surface area contributed by atoms with Crippen molar-refractivity contribution in [3.8, 4) is 22.8 Å². The first-order chi connectivity index (χ1) is 14.4. The Balaban J connectivity index is 2.00. The maximum absolute atomic E-state index is 12.8. The van der Waals surface area contributed by atoms with Gasteiger partial charge in [0.1, 0.15) is 11.6 Å². The van der Waals surface area contributed by atoms with E-state index in [1.165, 1.54) is 35.1 Å². The molecule has 0 N–H and O–H groups in total. The lowest BCUT2D eigenvalue weighted by atomic mass is 10.2. The molecule has 0 amide bonds. The fraction of sp³-hybridized carbons (Fsp3) is 0.316. The highest BCUT2D eigenvalue weighted by molar-refractivity contribution is 5.54. The number of benzene rings is 1. The Morgan fingerprint density at radius 1 is 1.00 bits per heavy atom. The monoisotopic (exact) mass is 446 g/mol. The van der Waals surface area contributed by atoms with Gasteiger partial charge in [0.15, 0.2) is 6.61 Å². The average molecular weight is 446 g/mol. The average Bonchev–Trinajstić information content (AvgIpc) is 3.10. The van der Waals surface area contributed by atoms with Crippen LogP contribution in [0.1, 0.15) is 12.2 Å². The number of alkyl halides is 6. The highest BCUT2D eigenvalue weighted by atomic mass is 19.4. The van der Waals surface area contributed by atoms with Gasteiger partial charge in [-0.2, -0.15) is 31.4 Å². The molecule has 0 radical (unpaired) electrons. The summed E-state index contributed by atoms with van der Waals surface area (Å²) in [7, 11) is 1.59. The number of halogens is 6. The molecule has 31 heavy (non-hydrogen) atoms. The van der Waals surface area contributed by atoms with Gasteiger partial charge >= 0.3 is 12.4 Å². The third-order valence-electron chi connectivity index (χ3n) is 4.20. The highest BCUT2D eigenvalue weighted by Gasteiger charge is 2.29. The molecule has 0 bridgehead atoms. The second-order valence-corrected chi connectivity index (χ2v) is 6.58. The van der Waals surface area contributed by atoms with E-state index in [4.69, 9.17) is 0 Å². The Morgan fingerprint density at radius 3 is 2.23 bits per heavy atom. The van der Waals surface area contributed by atoms with Gasteiger partial charge in [0.25, 0.3) is 5.56 Å². The second-order valence-electron chi connectivity index (χ2n) is 6.58. The molecule has 3 rings (SSSR count). The SMILES string of the molecule is Cn1nccc1-c1cc(=O)n(-c2ccc(OCC(F)(F)F)cc2)c(CCC(F)(F)F)n1. The summed E-state index contributed by atoms with van der Waals surface area (Å²) < 4.78 is 82.3. The standard InChI is InChI=1S/C19H16F6N4O2/c1-28-15(7-9-26-28)14-10-17(30)29(16(27-14)6-8-18(20,21)22)12-2-4-13(5-3-12)31-11-19(23,24)25/h2-5,7,9-10H,6,8,11H2,1H3. The van der Waals surface area contributed by atoms with Crippen LogP contribution in [0.4, 0.5) is 26.3 Å². The largest absolute Gasteiger partial charge is 0.484 e. The summed E-state index contributed by atoms with van der Waals surface area (Å²) in [5.41, 5.74) is 0.0925. The van der Waals surface area contributed by atoms with Crippen LogP contribution in [0.25, 0.3) is 17.1 Å². The Hall–Kier alpha value is -3.31. The first-order valence-electron chi connectivity index (χ1n) is 8.91. The molecule has 0 saturated carbocycles. The minimum Gasteiger partial charge on any atom is -0.484 e. The Morgan fingerprint density at radius 2 is 1.68 bits per heavy atom. The molecule has 0 unspecified atom stereocenters. The van der Waals surface area contributed by atoms with Crippen LogP contribution in [0.5, 0.6) is 5.75 Å². The molecule has 3 aromatic rings. The van der Waals surface area contributed by atoms with E-state index in [1.54, 1.807) is 13.1 Å². The van der Waals surface area contributed by atoms with E-state index in [0.717, 1.165) is 10.6 Å². The van der Waals surface area contributed by atoms with E-state index in [2.05, 4.69) is 14.8 Å². The fourth-order valence-electron chi connectivity index (χ4n) is 2.84. The van der Waals surface area contributed by atoms with E-state index < -0.39 is 37.4 Å². The van der Waals surface area contributed by atoms with Gasteiger partial charge in [-0.3, -0.25) is 14.0 Å². The fourth-order valence-corrected chi connectivity index (χ4v) is 2.84. The molecule has 6 nitrogen and oxygen atoms in total. The number of nitrogens with zero attached hydrogens (tertiary/aromatic N) is 4. The molecule has 2 heterocycles. The van der Waals surface area contributed by atoms with Crippen LogP contribution in [0.15, 0.2) is 47.4 Å². The molecular weight excluding hydrogens is 430 g/mol. The number of aromatic nitrogens is 4. The summed E-state index contributed by atoms with van der Waals surface area (Å²) in [6, 6.07) is 7.64. The van der Waals surface area contributed by atoms with E-state index in [0.29, 0.717) is 5.69 Å². The predicted octanol–water partition coefficient (Wildman–Crippen LogP) is 4.07. The van der Waals surface area contributed by atoms with E-state index in [-0.39, 0.29) is 23.0 Å². The summed E-state index contributed by atoms with van der Waals surface area (Å²) in [5.74, 6) is -0.254. The topological polar surface area (TPSA) is 61.9 Å². The van der Waals surface area contributed by atoms with E-state index in [1.807, 2.05) is 0 Å². The normalized spacial score (nSPS) is 12.2. The lowest BCUT2D eigenvalue weighted by molar-refractivity contribution is -0.153. The summed E-state index contributed by atoms with van der Waals surface area (Å²) in [5, 5.41) is 3.96. The van der Waals surface area contributed by atoms with Gasteiger partial charge < -0.3 is 4.74 Å². The van der Waals surface area contributed by atoms with Gasteiger partial charge in [-0.15, -0.1) is 0 Å². The van der Waals surface area contributed by atoms with E-state index >= 15 is 0 Å². The number of hydrogen-bond donors (Lipinski definition) is 0. The molecule has 2 aromatic heterocycles. The Labute approximate surface area is 171 Å². The van der Waals surface area contributed by atoms with Crippen LogP contribution in [0.3, 0.4) is 0 Å². The van der Waals surface area contributed by atoms with Gasteiger partial charge in [-0.25, -0.2) is 4.98 Å². The molecule has 0 spiro atoms. The van der Waals surface area contributed by atoms with E-state index in [9.17, 15) is 31.1 Å². The molecule has 12 heteroatoms. The van der Waals surface area contributed by atoms with Gasteiger partial charge in [0, 0.05) is 25.7 Å². The molecule has 1 aromatic carbocycles. The first kappa shape index (κ1) is 22.4. The summed E-state index contributed by atoms with van der Waals surface area (Å²) in [6.07, 6.45) is -9.32. The van der Waals surface area contributed by atoms with Crippen LogP contribution in [-0.2, 0) is 13.5 Å². The molecule has 0 aliphatic heterocycles. The van der Waals surface area contributed by atoms with Crippen molar-refractivity contribution >= 4 is 0 Å². The Kier molecular flexibility index (Phi) is 6.09. The van der Waals surface area contributed by atoms with Crippen LogP contribution in [0.2, 0.25) is 0 Å². The van der Waals surface area contributed by atoms with Gasteiger partial charge in [-0.1, -0.05) is 0 Å². The van der Waals surface area contributed by atoms with Crippen molar-refractivity contribution in [2.24, 2.45) is 7.05 Å². The van der Waals surface area contributed by atoms with Crippen molar-refractivity contribution in [2.45, 2.75) is 25.2 Å². The third-order valence-corrected chi connectivity index (χ3v) is 4.20. The van der Waals surface area contributed by atoms with Gasteiger partial charge in [0.05, 0.1) is 23.5 Å². The summed E-state index contributed by atoms with van der Waals surface area (Å²) in [4.78, 5) is 17.0. The van der Waals surface area contributed by atoms with Crippen molar-refractivity contribution in [3.63, 3.8) is 0 Å². The van der Waals surface area contributed by atoms with Crippen LogP contribution < -0.4 is 10.3 Å². The zero-order valence-electron chi connectivity index (χ0n) is 16.0. The lowest BCUT2D eigenvalue weighted by Gasteiger charge is -2.15. The highest BCUT2D eigenvalue weighted by Crippen LogP contribution is 2.24. The van der Waals surface area contributed by atoms with Crippen molar-refractivity contribution in [1.82, 2.24) is 19.3 Å². The zero-order valence-corrected chi connectivity index (χ0v) is 16.0. The summed E-state index contributed by atoms with van der Waals surface area (Å²) in [6.45, 7) is -1.50. The Bertz CT molecular complexity index is 1100. The van der Waals surface area contributed by atoms with Crippen molar-refractivity contribution in [3.05, 3.63) is 58.8 Å². The predicted molar refractivity (Wildman–Crippen MR) is 98.0 cm³/mol. The molecule has 0 aliphatic rings. The zero-order chi connectivity index (χ0) is 22.8. The lowest BCUT2D eigenvalue weighted by Crippen LogP contribution is -2.25. The smallest absolute Gasteiger partial charge is 0.422 e. The van der Waals surface area contributed by atoms with Gasteiger partial charge in [0.2, 0.25) is 0 Å². The van der Waals surface area contributed by atoms with Crippen molar-refractivity contribution in [1.29, 1.82) is 0 Å². The van der Waals surface area contributed by atoms with Crippen molar-refractivity contribution < 1.29 is 31.1 Å². The number of aryl methyl sites for hydroxylation is 2. The molecular formula is C19H16F6N4O2. The minimum atomic E-state index is -4.52. The first-order valence-corrected chi connectivity index (χ1v) is 8.91. The molecule has 0 aliphatic carbocycles. The van der Waals surface area contributed by atoms with Crippen molar-refractivity contribution in [2.75, 3.05) is 6.61 Å². The third kappa shape index (κ3) is 5.86. The minimum absolute atomic E-state index is 0.106. The number of rotatable bonds is 6. The molecule has 166 valence electrons. The molecule has 0 saturated heterocycles. The van der Waals surface area contributed by atoms with Crippen LogP contribution >= 0.6 is 0 Å². The van der Waals surface area contributed by atoms with Gasteiger partial charge in [-0.05, 0) is 30.3 Å². The van der Waals surface area contributed by atoms with Crippen LogP contribution in [0, 0.1) is 0 Å². The second kappa shape index (κ2) is 8.44. The van der Waals surface area contributed by atoms with Crippen LogP contribution in [-0.4, -0.2) is 38.3 Å². The summed E-state index contributed by atoms with van der Waals surface area (Å²) >= 11 is 0.